The number of hydrogen-bond donors (Lipinski definition) is 2. The molecule has 0 radical (unpaired) electrons. The van der Waals surface area contributed by atoms with E-state index in [9.17, 15) is 9.59 Å². The van der Waals surface area contributed by atoms with E-state index < -0.39 is 11.6 Å². The summed E-state index contributed by atoms with van der Waals surface area (Å²) in [7, 11) is 3.08. The molecule has 2 aliphatic rings. The van der Waals surface area contributed by atoms with Gasteiger partial charge in [0.2, 0.25) is 11.9 Å². The van der Waals surface area contributed by atoms with Crippen LogP contribution in [0.15, 0.2) is 23.0 Å². The highest BCUT2D eigenvalue weighted by Crippen LogP contribution is 2.47. The Morgan fingerprint density at radius 1 is 1.16 bits per heavy atom. The Morgan fingerprint density at radius 2 is 1.97 bits per heavy atom. The summed E-state index contributed by atoms with van der Waals surface area (Å²) in [5.41, 5.74) is 0.314. The Labute approximate surface area is 182 Å². The maximum Gasteiger partial charge on any atom is 0.416 e. The highest BCUT2D eigenvalue weighted by Gasteiger charge is 2.47. The van der Waals surface area contributed by atoms with E-state index in [1.165, 1.54) is 12.0 Å². The molecule has 11 nitrogen and oxygen atoms in total. The number of anilines is 2. The zero-order chi connectivity index (χ0) is 22.5. The second-order valence-corrected chi connectivity index (χ2v) is 7.76. The quantitative estimate of drug-likeness (QED) is 0.594. The normalized spacial score (nSPS) is 16.7. The van der Waals surface area contributed by atoms with Gasteiger partial charge in [-0.1, -0.05) is 0 Å². The van der Waals surface area contributed by atoms with Crippen molar-refractivity contribution in [3.05, 3.63) is 39.9 Å². The van der Waals surface area contributed by atoms with Crippen molar-refractivity contribution in [2.45, 2.75) is 25.3 Å². The minimum atomic E-state index is -0.606. The molecule has 0 bridgehead atoms. The number of fused-ring (bicyclic) bond motifs is 1. The molecule has 1 aromatic carbocycles. The number of rotatable bonds is 6. The van der Waals surface area contributed by atoms with Crippen LogP contribution in [-0.4, -0.2) is 53.4 Å². The molecule has 2 aromatic heterocycles. The van der Waals surface area contributed by atoms with Gasteiger partial charge in [-0.15, -0.1) is 0 Å². The van der Waals surface area contributed by atoms with Gasteiger partial charge in [0, 0.05) is 10.9 Å². The molecule has 5 rings (SSSR count). The summed E-state index contributed by atoms with van der Waals surface area (Å²) < 4.78 is 15.7. The molecule has 0 atom stereocenters. The zero-order valence-corrected chi connectivity index (χ0v) is 17.9. The molecule has 3 heterocycles. The van der Waals surface area contributed by atoms with Crippen molar-refractivity contribution in [3.8, 4) is 11.5 Å². The van der Waals surface area contributed by atoms with Crippen LogP contribution in [0.4, 0.5) is 16.7 Å². The summed E-state index contributed by atoms with van der Waals surface area (Å²) in [6.07, 6.45) is 0.986. The van der Waals surface area contributed by atoms with Crippen LogP contribution in [0.1, 0.15) is 24.2 Å². The molecule has 3 aromatic rings. The van der Waals surface area contributed by atoms with Crippen molar-refractivity contribution in [1.29, 1.82) is 0 Å². The standard InChI is InChI=1S/C21H22N6O5/c1-11-22-18(25-19(23-11)27-8-9-32-20(27)29)26-21(6-7-21)13-10-12-4-5-14(30-2)16(31-3)15(12)24-17(13)28/h4-5,10H,6-9H2,1-3H3,(H,24,28)(H,22,23,25,26). The van der Waals surface area contributed by atoms with Crippen molar-refractivity contribution in [2.24, 2.45) is 0 Å². The van der Waals surface area contributed by atoms with Crippen LogP contribution in [0.3, 0.4) is 0 Å². The predicted octanol–water partition coefficient (Wildman–Crippen LogP) is 2.10. The van der Waals surface area contributed by atoms with E-state index in [2.05, 4.69) is 25.3 Å². The number of pyridine rings is 1. The number of aromatic nitrogens is 4. The number of H-pyrrole nitrogens is 1. The van der Waals surface area contributed by atoms with Crippen LogP contribution >= 0.6 is 0 Å². The largest absolute Gasteiger partial charge is 0.493 e. The van der Waals surface area contributed by atoms with Crippen LogP contribution in [0.5, 0.6) is 11.5 Å². The fourth-order valence-corrected chi connectivity index (χ4v) is 3.97. The Balaban J connectivity index is 1.52. The first kappa shape index (κ1) is 20.0. The van der Waals surface area contributed by atoms with Crippen molar-refractivity contribution in [1.82, 2.24) is 19.9 Å². The van der Waals surface area contributed by atoms with Gasteiger partial charge in [0.1, 0.15) is 12.4 Å². The van der Waals surface area contributed by atoms with E-state index >= 15 is 0 Å². The van der Waals surface area contributed by atoms with Crippen LogP contribution in [0.2, 0.25) is 0 Å². The molecule has 32 heavy (non-hydrogen) atoms. The second-order valence-electron chi connectivity index (χ2n) is 7.76. The third-order valence-electron chi connectivity index (χ3n) is 5.72. The van der Waals surface area contributed by atoms with Crippen LogP contribution in [0, 0.1) is 6.92 Å². The van der Waals surface area contributed by atoms with Gasteiger partial charge in [-0.2, -0.15) is 15.0 Å². The summed E-state index contributed by atoms with van der Waals surface area (Å²) >= 11 is 0. The highest BCUT2D eigenvalue weighted by molar-refractivity contribution is 5.88. The third kappa shape index (κ3) is 3.26. The van der Waals surface area contributed by atoms with Gasteiger partial charge >= 0.3 is 6.09 Å². The Bertz CT molecular complexity index is 1290. The summed E-state index contributed by atoms with van der Waals surface area (Å²) in [4.78, 5) is 42.3. The minimum Gasteiger partial charge on any atom is -0.493 e. The van der Waals surface area contributed by atoms with Gasteiger partial charge < -0.3 is 24.5 Å². The van der Waals surface area contributed by atoms with Crippen molar-refractivity contribution < 1.29 is 19.0 Å². The number of nitrogens with one attached hydrogen (secondary N) is 2. The maximum atomic E-state index is 13.0. The van der Waals surface area contributed by atoms with Crippen molar-refractivity contribution in [3.63, 3.8) is 0 Å². The average Bonchev–Trinajstić information content (AvgIpc) is 3.41. The summed E-state index contributed by atoms with van der Waals surface area (Å²) in [5.74, 6) is 1.99. The van der Waals surface area contributed by atoms with Crippen molar-refractivity contribution in [2.75, 3.05) is 37.6 Å². The number of ether oxygens (including phenoxy) is 3. The molecular formula is C21H22N6O5. The molecule has 1 amide bonds. The molecule has 1 aliphatic carbocycles. The first-order valence-electron chi connectivity index (χ1n) is 10.2. The SMILES string of the molecule is COc1ccc2cc(C3(Nc4nc(C)nc(N5CCOC5=O)n4)CC3)c(=O)[nH]c2c1OC. The van der Waals surface area contributed by atoms with Crippen molar-refractivity contribution >= 4 is 28.9 Å². The number of cyclic esters (lactones) is 1. The van der Waals surface area contributed by atoms with E-state index in [1.54, 1.807) is 20.1 Å². The van der Waals surface area contributed by atoms with E-state index in [0.29, 0.717) is 40.9 Å². The van der Waals surface area contributed by atoms with Gasteiger partial charge in [-0.3, -0.25) is 4.79 Å². The topological polar surface area (TPSA) is 132 Å². The molecule has 1 saturated carbocycles. The van der Waals surface area contributed by atoms with Crippen LogP contribution in [-0.2, 0) is 10.3 Å². The molecular weight excluding hydrogens is 416 g/mol. The number of methoxy groups -OCH3 is 2. The summed E-state index contributed by atoms with van der Waals surface area (Å²) in [5, 5.41) is 4.12. The van der Waals surface area contributed by atoms with Gasteiger partial charge in [-0.05, 0) is 38.0 Å². The fraction of sp³-hybridized carbons (Fsp3) is 0.381. The first-order valence-corrected chi connectivity index (χ1v) is 10.2. The second kappa shape index (κ2) is 7.36. The number of benzene rings is 1. The molecule has 2 N–H and O–H groups in total. The van der Waals surface area contributed by atoms with Gasteiger partial charge in [0.15, 0.2) is 11.5 Å². The third-order valence-corrected chi connectivity index (χ3v) is 5.72. The van der Waals surface area contributed by atoms with E-state index in [1.807, 2.05) is 12.1 Å². The highest BCUT2D eigenvalue weighted by atomic mass is 16.6. The predicted molar refractivity (Wildman–Crippen MR) is 115 cm³/mol. The minimum absolute atomic E-state index is 0.225. The molecule has 1 saturated heterocycles. The van der Waals surface area contributed by atoms with Gasteiger partial charge in [-0.25, -0.2) is 9.69 Å². The maximum absolute atomic E-state index is 13.0. The number of amides is 1. The lowest BCUT2D eigenvalue weighted by Crippen LogP contribution is -2.30. The molecule has 2 fully saturated rings. The number of nitrogens with zero attached hydrogens (tertiary/aromatic N) is 4. The van der Waals surface area contributed by atoms with E-state index in [0.717, 1.165) is 18.2 Å². The molecule has 166 valence electrons. The monoisotopic (exact) mass is 438 g/mol. The number of aromatic amines is 1. The summed E-state index contributed by atoms with van der Waals surface area (Å²) in [6, 6.07) is 5.52. The Hall–Kier alpha value is -3.89. The number of hydrogen-bond acceptors (Lipinski definition) is 9. The first-order chi connectivity index (χ1) is 15.4. The van der Waals surface area contributed by atoms with Gasteiger partial charge in [0.25, 0.3) is 5.56 Å². The molecule has 1 aliphatic heterocycles. The lowest BCUT2D eigenvalue weighted by Gasteiger charge is -2.19. The smallest absolute Gasteiger partial charge is 0.416 e. The lowest BCUT2D eigenvalue weighted by atomic mass is 10.0. The molecule has 0 unspecified atom stereocenters. The van der Waals surface area contributed by atoms with E-state index in [-0.39, 0.29) is 18.1 Å². The number of aryl methyl sites for hydroxylation is 1. The zero-order valence-electron chi connectivity index (χ0n) is 17.9. The van der Waals surface area contributed by atoms with Crippen LogP contribution < -0.4 is 25.2 Å². The number of carbonyl (C=O) groups is 1. The van der Waals surface area contributed by atoms with E-state index in [4.69, 9.17) is 14.2 Å². The fourth-order valence-electron chi connectivity index (χ4n) is 3.97. The van der Waals surface area contributed by atoms with Gasteiger partial charge in [0.05, 0.1) is 31.8 Å². The molecule has 0 spiro atoms. The Morgan fingerprint density at radius 3 is 2.62 bits per heavy atom. The molecule has 11 heteroatoms. The Kier molecular flexibility index (Phi) is 4.61. The number of carbonyl (C=O) groups excluding carboxylic acids is 1. The average molecular weight is 438 g/mol. The van der Waals surface area contributed by atoms with Crippen LogP contribution in [0.25, 0.3) is 10.9 Å². The lowest BCUT2D eigenvalue weighted by molar-refractivity contribution is 0.181. The summed E-state index contributed by atoms with van der Waals surface area (Å²) in [6.45, 7) is 2.39.